The average molecular weight is 557 g/mol. The predicted octanol–water partition coefficient (Wildman–Crippen LogP) is 4.53. The number of esters is 1. The SMILES string of the molecule is CCc1cccc(CNC[C@@H](OC(=O)c2scc(S(C)(=O)=O)c2Cl)[C@@H](N)Cc2cc(F)cc(F)c2)c1. The summed E-state index contributed by atoms with van der Waals surface area (Å²) in [7, 11) is -3.63. The Balaban J connectivity index is 1.78. The minimum absolute atomic E-state index is 0.0341. The van der Waals surface area contributed by atoms with Gasteiger partial charge in [-0.2, -0.15) is 0 Å². The summed E-state index contributed by atoms with van der Waals surface area (Å²) in [5, 5.41) is 4.28. The molecule has 3 rings (SSSR count). The highest BCUT2D eigenvalue weighted by molar-refractivity contribution is 7.91. The summed E-state index contributed by atoms with van der Waals surface area (Å²) >= 11 is 7.00. The number of hydrogen-bond donors (Lipinski definition) is 2. The summed E-state index contributed by atoms with van der Waals surface area (Å²) in [5.41, 5.74) is 8.84. The summed E-state index contributed by atoms with van der Waals surface area (Å²) in [6.45, 7) is 2.67. The molecule has 0 aliphatic rings. The molecule has 36 heavy (non-hydrogen) atoms. The van der Waals surface area contributed by atoms with Gasteiger partial charge in [-0.3, -0.25) is 0 Å². The largest absolute Gasteiger partial charge is 0.455 e. The molecule has 2 aromatic carbocycles. The average Bonchev–Trinajstić information content (AvgIpc) is 3.19. The molecule has 0 bridgehead atoms. The fourth-order valence-corrected chi connectivity index (χ4v) is 6.42. The third kappa shape index (κ3) is 7.57. The van der Waals surface area contributed by atoms with Gasteiger partial charge in [0.2, 0.25) is 0 Å². The van der Waals surface area contributed by atoms with Crippen molar-refractivity contribution in [3.63, 3.8) is 0 Å². The van der Waals surface area contributed by atoms with Crippen LogP contribution in [0.5, 0.6) is 0 Å². The molecule has 0 spiro atoms. The summed E-state index contributed by atoms with van der Waals surface area (Å²) in [5.74, 6) is -2.31. The number of rotatable bonds is 11. The number of thiophene rings is 1. The van der Waals surface area contributed by atoms with E-state index in [2.05, 4.69) is 18.3 Å². The second-order valence-electron chi connectivity index (χ2n) is 8.41. The lowest BCUT2D eigenvalue weighted by Gasteiger charge is -2.25. The van der Waals surface area contributed by atoms with E-state index in [9.17, 15) is 22.0 Å². The van der Waals surface area contributed by atoms with E-state index in [1.54, 1.807) is 0 Å². The number of hydrogen-bond acceptors (Lipinski definition) is 7. The molecule has 0 radical (unpaired) electrons. The summed E-state index contributed by atoms with van der Waals surface area (Å²) in [6.07, 6.45) is 1.01. The van der Waals surface area contributed by atoms with Crippen LogP contribution in [-0.2, 0) is 34.0 Å². The van der Waals surface area contributed by atoms with Gasteiger partial charge in [-0.15, -0.1) is 11.3 Å². The fraction of sp³-hybridized carbons (Fsp3) is 0.320. The predicted molar refractivity (Wildman–Crippen MR) is 137 cm³/mol. The zero-order valence-electron chi connectivity index (χ0n) is 19.8. The van der Waals surface area contributed by atoms with Gasteiger partial charge in [-0.25, -0.2) is 22.0 Å². The van der Waals surface area contributed by atoms with E-state index in [4.69, 9.17) is 22.1 Å². The number of benzene rings is 2. The van der Waals surface area contributed by atoms with Gasteiger partial charge in [0.15, 0.2) is 9.84 Å². The van der Waals surface area contributed by atoms with Gasteiger partial charge in [-0.1, -0.05) is 42.8 Å². The van der Waals surface area contributed by atoms with Crippen LogP contribution in [0.25, 0.3) is 0 Å². The number of nitrogens with one attached hydrogen (secondary N) is 1. The van der Waals surface area contributed by atoms with E-state index >= 15 is 0 Å². The van der Waals surface area contributed by atoms with Crippen LogP contribution in [0.3, 0.4) is 0 Å². The molecule has 3 N–H and O–H groups in total. The van der Waals surface area contributed by atoms with Crippen molar-refractivity contribution in [1.82, 2.24) is 5.32 Å². The second-order valence-corrected chi connectivity index (χ2v) is 11.7. The van der Waals surface area contributed by atoms with Gasteiger partial charge in [0.1, 0.15) is 22.6 Å². The molecule has 3 aromatic rings. The lowest BCUT2D eigenvalue weighted by atomic mass is 10.0. The lowest BCUT2D eigenvalue weighted by Crippen LogP contribution is -2.45. The maximum atomic E-state index is 13.7. The van der Waals surface area contributed by atoms with Crippen LogP contribution in [0.15, 0.2) is 52.7 Å². The van der Waals surface area contributed by atoms with Crippen LogP contribution in [0.2, 0.25) is 5.02 Å². The Hall–Kier alpha value is -2.37. The molecule has 0 aliphatic heterocycles. The van der Waals surface area contributed by atoms with E-state index < -0.39 is 39.6 Å². The minimum Gasteiger partial charge on any atom is -0.455 e. The minimum atomic E-state index is -3.63. The number of ether oxygens (including phenoxy) is 1. The van der Waals surface area contributed by atoms with Gasteiger partial charge in [0, 0.05) is 36.8 Å². The van der Waals surface area contributed by atoms with Gasteiger partial charge in [-0.05, 0) is 41.7 Å². The standard InChI is InChI=1S/C25H27ClF2N2O4S2/c1-3-15-5-4-6-16(7-15)12-30-13-21(20(29)10-17-8-18(27)11-19(28)9-17)34-25(31)24-23(26)22(14-35-24)36(2,32)33/h4-9,11,14,20-21,30H,3,10,12-13,29H2,1-2H3/t20-,21+/m0/s1. The molecule has 0 amide bonds. The number of aryl methyl sites for hydroxylation is 1. The first-order valence-corrected chi connectivity index (χ1v) is 14.3. The van der Waals surface area contributed by atoms with Crippen molar-refractivity contribution in [2.75, 3.05) is 12.8 Å². The van der Waals surface area contributed by atoms with Gasteiger partial charge >= 0.3 is 5.97 Å². The van der Waals surface area contributed by atoms with Crippen molar-refractivity contribution >= 4 is 38.7 Å². The quantitative estimate of drug-likeness (QED) is 0.337. The van der Waals surface area contributed by atoms with Crippen molar-refractivity contribution < 1.29 is 26.7 Å². The molecule has 0 fully saturated rings. The van der Waals surface area contributed by atoms with Gasteiger partial charge in [0.25, 0.3) is 0 Å². The molecule has 6 nitrogen and oxygen atoms in total. The van der Waals surface area contributed by atoms with Crippen LogP contribution in [0.4, 0.5) is 8.78 Å². The van der Waals surface area contributed by atoms with E-state index in [0.29, 0.717) is 12.1 Å². The first kappa shape index (κ1) is 28.2. The maximum absolute atomic E-state index is 13.7. The first-order valence-electron chi connectivity index (χ1n) is 11.1. The van der Waals surface area contributed by atoms with Gasteiger partial charge < -0.3 is 15.8 Å². The zero-order chi connectivity index (χ0) is 26.5. The number of carbonyl (C=O) groups excluding carboxylic acids is 1. The molecule has 11 heteroatoms. The number of sulfone groups is 1. The van der Waals surface area contributed by atoms with E-state index in [1.165, 1.54) is 23.1 Å². The number of nitrogens with two attached hydrogens (primary N) is 1. The van der Waals surface area contributed by atoms with E-state index in [0.717, 1.165) is 35.6 Å². The van der Waals surface area contributed by atoms with Gasteiger partial charge in [0.05, 0.1) is 9.92 Å². The van der Waals surface area contributed by atoms with Crippen molar-refractivity contribution in [3.05, 3.63) is 86.1 Å². The lowest BCUT2D eigenvalue weighted by molar-refractivity contribution is 0.0244. The molecule has 0 saturated carbocycles. The molecular formula is C25H27ClF2N2O4S2. The number of halogens is 3. The Morgan fingerprint density at radius 3 is 2.42 bits per heavy atom. The topological polar surface area (TPSA) is 98.5 Å². The Labute approximate surface area is 218 Å². The third-order valence-corrected chi connectivity index (χ3v) is 8.34. The van der Waals surface area contributed by atoms with Crippen LogP contribution in [0, 0.1) is 11.6 Å². The smallest absolute Gasteiger partial charge is 0.350 e. The highest BCUT2D eigenvalue weighted by Gasteiger charge is 2.28. The van der Waals surface area contributed by atoms with Crippen molar-refractivity contribution in [2.24, 2.45) is 5.73 Å². The Morgan fingerprint density at radius 2 is 1.81 bits per heavy atom. The first-order chi connectivity index (χ1) is 17.0. The van der Waals surface area contributed by atoms with E-state index in [1.807, 2.05) is 18.2 Å². The normalized spacial score (nSPS) is 13.4. The highest BCUT2D eigenvalue weighted by atomic mass is 35.5. The van der Waals surface area contributed by atoms with Crippen molar-refractivity contribution in [3.8, 4) is 0 Å². The molecule has 1 heterocycles. The van der Waals surface area contributed by atoms with E-state index in [-0.39, 0.29) is 27.8 Å². The summed E-state index contributed by atoms with van der Waals surface area (Å²) < 4.78 is 56.7. The third-order valence-electron chi connectivity index (χ3n) is 5.49. The second kappa shape index (κ2) is 12.2. The Kier molecular flexibility index (Phi) is 9.59. The van der Waals surface area contributed by atoms with Crippen molar-refractivity contribution in [1.29, 1.82) is 0 Å². The zero-order valence-corrected chi connectivity index (χ0v) is 22.2. The molecule has 2 atom stereocenters. The van der Waals surface area contributed by atoms with Crippen LogP contribution in [-0.4, -0.2) is 39.3 Å². The highest BCUT2D eigenvalue weighted by Crippen LogP contribution is 2.32. The monoisotopic (exact) mass is 556 g/mol. The molecule has 0 saturated heterocycles. The van der Waals surface area contributed by atoms with Crippen molar-refractivity contribution in [2.45, 2.75) is 43.4 Å². The molecular weight excluding hydrogens is 530 g/mol. The molecule has 1 aromatic heterocycles. The molecule has 0 unspecified atom stereocenters. The van der Waals surface area contributed by atoms with Crippen LogP contribution in [0.1, 0.15) is 33.3 Å². The summed E-state index contributed by atoms with van der Waals surface area (Å²) in [4.78, 5) is 12.7. The Bertz CT molecular complexity index is 1310. The molecule has 194 valence electrons. The van der Waals surface area contributed by atoms with Crippen LogP contribution >= 0.6 is 22.9 Å². The summed E-state index contributed by atoms with van der Waals surface area (Å²) in [6, 6.07) is 10.3. The molecule has 0 aliphatic carbocycles. The fourth-order valence-electron chi connectivity index (χ4n) is 3.64. The maximum Gasteiger partial charge on any atom is 0.350 e. The number of carbonyl (C=O) groups is 1. The Morgan fingerprint density at radius 1 is 1.14 bits per heavy atom. The van der Waals surface area contributed by atoms with Crippen LogP contribution < -0.4 is 11.1 Å².